The Balaban J connectivity index is 1.75. The van der Waals surface area contributed by atoms with Crippen LogP contribution in [-0.2, 0) is 0 Å². The second-order valence-electron chi connectivity index (χ2n) is 7.47. The third kappa shape index (κ3) is 4.23. The Bertz CT molecular complexity index is 1140. The van der Waals surface area contributed by atoms with E-state index in [0.717, 1.165) is 0 Å². The van der Waals surface area contributed by atoms with Gasteiger partial charge in [0.2, 0.25) is 0 Å². The maximum absolute atomic E-state index is 13.3. The number of ether oxygens (including phenoxy) is 1. The first-order chi connectivity index (χ1) is 14.7. The van der Waals surface area contributed by atoms with E-state index in [1.54, 1.807) is 54.6 Å². The van der Waals surface area contributed by atoms with Gasteiger partial charge < -0.3 is 9.84 Å². The maximum Gasteiger partial charge on any atom is 0.397 e. The third-order valence-corrected chi connectivity index (χ3v) is 5.60. The second kappa shape index (κ2) is 7.89. The Kier molecular flexibility index (Phi) is 5.39. The predicted octanol–water partition coefficient (Wildman–Crippen LogP) is 6.49. The van der Waals surface area contributed by atoms with Crippen LogP contribution in [-0.4, -0.2) is 28.8 Å². The number of halogens is 4. The van der Waals surface area contributed by atoms with Gasteiger partial charge in [-0.2, -0.15) is 13.2 Å². The van der Waals surface area contributed by atoms with Gasteiger partial charge in [0, 0.05) is 16.1 Å². The van der Waals surface area contributed by atoms with Crippen LogP contribution in [0.3, 0.4) is 0 Å². The summed E-state index contributed by atoms with van der Waals surface area (Å²) in [5, 5.41) is 9.64. The lowest BCUT2D eigenvalue weighted by Gasteiger charge is -2.21. The minimum atomic E-state index is -4.32. The monoisotopic (exact) mass is 447 g/mol. The van der Waals surface area contributed by atoms with E-state index in [1.807, 2.05) is 0 Å². The number of aromatic carboxylic acids is 1. The third-order valence-electron chi connectivity index (χ3n) is 5.36. The quantitative estimate of drug-likeness (QED) is 0.469. The molecule has 0 radical (unpaired) electrons. The number of alkyl halides is 3. The van der Waals surface area contributed by atoms with Crippen molar-refractivity contribution < 1.29 is 27.8 Å². The lowest BCUT2D eigenvalue weighted by molar-refractivity contribution is -0.194. The van der Waals surface area contributed by atoms with Gasteiger partial charge in [0.15, 0.2) is 0 Å². The van der Waals surface area contributed by atoms with Gasteiger partial charge in [-0.15, -0.1) is 0 Å². The summed E-state index contributed by atoms with van der Waals surface area (Å²) in [5.74, 6) is -0.894. The zero-order valence-corrected chi connectivity index (χ0v) is 16.9. The number of hydrogen-bond acceptors (Lipinski definition) is 3. The van der Waals surface area contributed by atoms with Crippen LogP contribution in [0.2, 0.25) is 5.02 Å². The molecule has 1 saturated carbocycles. The van der Waals surface area contributed by atoms with Crippen molar-refractivity contribution in [2.24, 2.45) is 5.41 Å². The molecule has 8 heteroatoms. The largest absolute Gasteiger partial charge is 0.492 e. The molecule has 0 atom stereocenters. The van der Waals surface area contributed by atoms with Crippen molar-refractivity contribution in [1.82, 2.24) is 4.98 Å². The first-order valence-electron chi connectivity index (χ1n) is 9.49. The van der Waals surface area contributed by atoms with Gasteiger partial charge in [-0.1, -0.05) is 41.9 Å². The van der Waals surface area contributed by atoms with Gasteiger partial charge in [0.1, 0.15) is 23.5 Å². The fourth-order valence-corrected chi connectivity index (χ4v) is 3.53. The van der Waals surface area contributed by atoms with Crippen molar-refractivity contribution in [1.29, 1.82) is 0 Å². The minimum Gasteiger partial charge on any atom is -0.492 e. The van der Waals surface area contributed by atoms with Crippen LogP contribution < -0.4 is 4.74 Å². The maximum atomic E-state index is 13.3. The van der Waals surface area contributed by atoms with E-state index in [2.05, 4.69) is 4.98 Å². The van der Waals surface area contributed by atoms with E-state index in [9.17, 15) is 23.1 Å². The fraction of sp³-hybridized carbons (Fsp3) is 0.217. The van der Waals surface area contributed by atoms with Crippen molar-refractivity contribution in [3.05, 3.63) is 71.4 Å². The number of hydrogen-bond donors (Lipinski definition) is 1. The number of benzene rings is 2. The summed E-state index contributed by atoms with van der Waals surface area (Å²) < 4.78 is 45.6. The second-order valence-corrected chi connectivity index (χ2v) is 7.90. The Morgan fingerprint density at radius 2 is 1.74 bits per heavy atom. The number of aromatic nitrogens is 1. The standard InChI is InChI=1S/C23H17ClF3NO3/c24-14-8-9-20(31-13-22(10-11-22)23(25,26)27)17(12-14)15-4-1-2-5-16(15)18-6-3-7-19(28-18)21(29)30/h1-9,12H,10-11,13H2,(H,29,30). The molecule has 4 rings (SSSR count). The molecule has 3 aromatic rings. The molecule has 0 bridgehead atoms. The number of carboxylic acid groups (broad SMARTS) is 1. The van der Waals surface area contributed by atoms with E-state index in [1.165, 1.54) is 6.07 Å². The van der Waals surface area contributed by atoms with Crippen molar-refractivity contribution >= 4 is 17.6 Å². The highest BCUT2D eigenvalue weighted by Gasteiger charge is 2.63. The molecule has 0 spiro atoms. The van der Waals surface area contributed by atoms with Crippen molar-refractivity contribution in [3.8, 4) is 28.1 Å². The topological polar surface area (TPSA) is 59.4 Å². The van der Waals surface area contributed by atoms with E-state index in [-0.39, 0.29) is 24.3 Å². The number of rotatable bonds is 6. The van der Waals surface area contributed by atoms with E-state index < -0.39 is 24.2 Å². The van der Waals surface area contributed by atoms with Crippen LogP contribution in [0.4, 0.5) is 13.2 Å². The van der Waals surface area contributed by atoms with Crippen LogP contribution in [0.25, 0.3) is 22.4 Å². The van der Waals surface area contributed by atoms with Crippen molar-refractivity contribution in [2.75, 3.05) is 6.61 Å². The average molecular weight is 448 g/mol. The number of nitrogens with zero attached hydrogens (tertiary/aromatic N) is 1. The molecule has 0 saturated heterocycles. The molecule has 1 fully saturated rings. The number of carbonyl (C=O) groups is 1. The lowest BCUT2D eigenvalue weighted by atomic mass is 9.96. The smallest absolute Gasteiger partial charge is 0.397 e. The van der Waals surface area contributed by atoms with E-state index in [4.69, 9.17) is 16.3 Å². The number of pyridine rings is 1. The van der Waals surface area contributed by atoms with E-state index >= 15 is 0 Å². The Morgan fingerprint density at radius 3 is 2.39 bits per heavy atom. The van der Waals surface area contributed by atoms with Crippen molar-refractivity contribution in [3.63, 3.8) is 0 Å². The van der Waals surface area contributed by atoms with Gasteiger partial charge >= 0.3 is 12.1 Å². The summed E-state index contributed by atoms with van der Waals surface area (Å²) >= 11 is 6.18. The first-order valence-corrected chi connectivity index (χ1v) is 9.87. The zero-order valence-electron chi connectivity index (χ0n) is 16.1. The highest BCUT2D eigenvalue weighted by atomic mass is 35.5. The van der Waals surface area contributed by atoms with Gasteiger partial charge in [0.05, 0.1) is 5.69 Å². The summed E-state index contributed by atoms with van der Waals surface area (Å²) in [6, 6.07) is 16.4. The van der Waals surface area contributed by atoms with Crippen LogP contribution in [0.5, 0.6) is 5.75 Å². The zero-order chi connectivity index (χ0) is 22.2. The summed E-state index contributed by atoms with van der Waals surface area (Å²) in [5.41, 5.74) is 0.220. The normalized spacial score (nSPS) is 14.8. The van der Waals surface area contributed by atoms with E-state index in [0.29, 0.717) is 27.4 Å². The Labute approximate surface area is 181 Å². The highest BCUT2D eigenvalue weighted by Crippen LogP contribution is 2.57. The molecule has 0 aliphatic heterocycles. The molecule has 1 aromatic heterocycles. The molecule has 1 aliphatic carbocycles. The highest BCUT2D eigenvalue weighted by molar-refractivity contribution is 6.31. The summed E-state index contributed by atoms with van der Waals surface area (Å²) in [7, 11) is 0. The molecule has 160 valence electrons. The summed E-state index contributed by atoms with van der Waals surface area (Å²) in [6.07, 6.45) is -4.23. The average Bonchev–Trinajstić information content (AvgIpc) is 3.54. The molecule has 0 unspecified atom stereocenters. The SMILES string of the molecule is O=C(O)c1cccc(-c2ccccc2-c2cc(Cl)ccc2OCC2(C(F)(F)F)CC2)n1. The molecular formula is C23H17ClF3NO3. The molecular weight excluding hydrogens is 431 g/mol. The summed E-state index contributed by atoms with van der Waals surface area (Å²) in [4.78, 5) is 15.5. The molecule has 0 amide bonds. The van der Waals surface area contributed by atoms with Gasteiger partial charge in [0.25, 0.3) is 0 Å². The van der Waals surface area contributed by atoms with Crippen LogP contribution in [0.1, 0.15) is 23.3 Å². The molecule has 1 heterocycles. The summed E-state index contributed by atoms with van der Waals surface area (Å²) in [6.45, 7) is -0.472. The lowest BCUT2D eigenvalue weighted by Crippen LogP contribution is -2.30. The Morgan fingerprint density at radius 1 is 1.03 bits per heavy atom. The molecule has 1 aliphatic rings. The van der Waals surface area contributed by atoms with Gasteiger partial charge in [-0.25, -0.2) is 9.78 Å². The predicted molar refractivity (Wildman–Crippen MR) is 110 cm³/mol. The number of carboxylic acids is 1. The molecule has 1 N–H and O–H groups in total. The van der Waals surface area contributed by atoms with Gasteiger partial charge in [-0.3, -0.25) is 0 Å². The van der Waals surface area contributed by atoms with Crippen molar-refractivity contribution in [2.45, 2.75) is 19.0 Å². The molecule has 31 heavy (non-hydrogen) atoms. The fourth-order valence-electron chi connectivity index (χ4n) is 3.36. The Hall–Kier alpha value is -3.06. The van der Waals surface area contributed by atoms with Crippen LogP contribution >= 0.6 is 11.6 Å². The molecule has 4 nitrogen and oxygen atoms in total. The molecule has 2 aromatic carbocycles. The first kappa shape index (κ1) is 21.2. The van der Waals surface area contributed by atoms with Gasteiger partial charge in [-0.05, 0) is 48.7 Å². The van der Waals surface area contributed by atoms with Crippen LogP contribution in [0.15, 0.2) is 60.7 Å². The minimum absolute atomic E-state index is 0.0436. The van der Waals surface area contributed by atoms with Crippen LogP contribution in [0, 0.1) is 5.41 Å².